The van der Waals surface area contributed by atoms with Crippen LogP contribution in [0.4, 0.5) is 4.79 Å². The molecule has 1 aliphatic carbocycles. The Labute approximate surface area is 126 Å². The van der Waals surface area contributed by atoms with E-state index >= 15 is 0 Å². The first-order chi connectivity index (χ1) is 9.93. The second kappa shape index (κ2) is 6.64. The zero-order valence-electron chi connectivity index (χ0n) is 13.1. The van der Waals surface area contributed by atoms with E-state index in [2.05, 4.69) is 17.1 Å². The van der Waals surface area contributed by atoms with E-state index in [4.69, 9.17) is 0 Å². The Morgan fingerprint density at radius 3 is 2.43 bits per heavy atom. The molecule has 21 heavy (non-hydrogen) atoms. The molecule has 6 heteroatoms. The molecule has 0 atom stereocenters. The number of carbonyl (C=O) groups excluding carboxylic acids is 1. The fourth-order valence-corrected chi connectivity index (χ4v) is 3.18. The Bertz CT molecular complexity index is 392. The third-order valence-corrected chi connectivity index (χ3v) is 4.89. The summed E-state index contributed by atoms with van der Waals surface area (Å²) in [4.78, 5) is 28.1. The number of likely N-dealkylation sites (N-methyl/N-ethyl adjacent to an activating group) is 1. The van der Waals surface area contributed by atoms with Crippen LogP contribution in [0, 0.1) is 5.92 Å². The molecular weight excluding hydrogens is 270 g/mol. The minimum Gasteiger partial charge on any atom is -0.480 e. The van der Waals surface area contributed by atoms with Crippen LogP contribution in [0.1, 0.15) is 39.0 Å². The highest BCUT2D eigenvalue weighted by molar-refractivity contribution is 5.86. The van der Waals surface area contributed by atoms with Crippen molar-refractivity contribution in [3.8, 4) is 0 Å². The molecule has 1 aliphatic heterocycles. The van der Waals surface area contributed by atoms with Crippen LogP contribution in [0.25, 0.3) is 0 Å². The number of nitrogens with zero attached hydrogens (tertiary/aromatic N) is 2. The van der Waals surface area contributed by atoms with Crippen LogP contribution in [0.15, 0.2) is 0 Å². The molecule has 1 saturated carbocycles. The van der Waals surface area contributed by atoms with E-state index in [0.29, 0.717) is 31.8 Å². The maximum atomic E-state index is 12.4. The average molecular weight is 297 g/mol. The molecule has 6 nitrogen and oxygen atoms in total. The molecule has 120 valence electrons. The third-order valence-electron chi connectivity index (χ3n) is 4.89. The van der Waals surface area contributed by atoms with Gasteiger partial charge in [0.25, 0.3) is 0 Å². The molecule has 0 aromatic rings. The van der Waals surface area contributed by atoms with Crippen molar-refractivity contribution in [3.05, 3.63) is 0 Å². The summed E-state index contributed by atoms with van der Waals surface area (Å²) in [5.74, 6) is -0.351. The average Bonchev–Trinajstić information content (AvgIpc) is 2.66. The van der Waals surface area contributed by atoms with Crippen molar-refractivity contribution in [1.29, 1.82) is 0 Å². The summed E-state index contributed by atoms with van der Waals surface area (Å²) in [6.07, 6.45) is 3.71. The van der Waals surface area contributed by atoms with Crippen molar-refractivity contribution < 1.29 is 14.7 Å². The van der Waals surface area contributed by atoms with Gasteiger partial charge >= 0.3 is 12.0 Å². The standard InChI is InChI=1S/C15H27N3O3/c1-12-4-6-15(7-5-12,13(19)20)16-14(21)18-9-3-8-17(2)10-11-18/h12H,3-11H2,1-2H3,(H,16,21)(H,19,20). The van der Waals surface area contributed by atoms with Gasteiger partial charge in [0.2, 0.25) is 0 Å². The lowest BCUT2D eigenvalue weighted by molar-refractivity contribution is -0.146. The van der Waals surface area contributed by atoms with Gasteiger partial charge < -0.3 is 20.2 Å². The molecule has 2 aliphatic rings. The number of carboxylic acid groups (broad SMARTS) is 1. The van der Waals surface area contributed by atoms with Crippen LogP contribution in [0.3, 0.4) is 0 Å². The van der Waals surface area contributed by atoms with E-state index in [0.717, 1.165) is 32.4 Å². The van der Waals surface area contributed by atoms with Crippen LogP contribution in [0.5, 0.6) is 0 Å². The maximum absolute atomic E-state index is 12.4. The van der Waals surface area contributed by atoms with Crippen molar-refractivity contribution in [1.82, 2.24) is 15.1 Å². The van der Waals surface area contributed by atoms with Gasteiger partial charge in [-0.3, -0.25) is 0 Å². The Kier molecular flexibility index (Phi) is 5.08. The Hall–Kier alpha value is -1.30. The lowest BCUT2D eigenvalue weighted by atomic mass is 9.77. The summed E-state index contributed by atoms with van der Waals surface area (Å²) in [7, 11) is 2.04. The number of hydrogen-bond acceptors (Lipinski definition) is 3. The molecule has 2 rings (SSSR count). The summed E-state index contributed by atoms with van der Waals surface area (Å²) in [5.41, 5.74) is -1.07. The van der Waals surface area contributed by atoms with E-state index < -0.39 is 11.5 Å². The third kappa shape index (κ3) is 3.87. The SMILES string of the molecule is CC1CCC(NC(=O)N2CCCN(C)CC2)(C(=O)O)CC1. The monoisotopic (exact) mass is 297 g/mol. The molecule has 0 bridgehead atoms. The second-order valence-corrected chi connectivity index (χ2v) is 6.64. The quantitative estimate of drug-likeness (QED) is 0.807. The highest BCUT2D eigenvalue weighted by Crippen LogP contribution is 2.32. The summed E-state index contributed by atoms with van der Waals surface area (Å²) < 4.78 is 0. The van der Waals surface area contributed by atoms with E-state index in [1.165, 1.54) is 0 Å². The van der Waals surface area contributed by atoms with Gasteiger partial charge in [-0.05, 0) is 51.6 Å². The van der Waals surface area contributed by atoms with Crippen LogP contribution in [-0.4, -0.2) is 65.7 Å². The number of urea groups is 1. The van der Waals surface area contributed by atoms with E-state index in [-0.39, 0.29) is 6.03 Å². The number of nitrogens with one attached hydrogen (secondary N) is 1. The van der Waals surface area contributed by atoms with E-state index in [1.54, 1.807) is 4.90 Å². The van der Waals surface area contributed by atoms with E-state index in [9.17, 15) is 14.7 Å². The molecule has 1 heterocycles. The Balaban J connectivity index is 2.00. The lowest BCUT2D eigenvalue weighted by Gasteiger charge is -2.37. The highest BCUT2D eigenvalue weighted by atomic mass is 16.4. The number of hydrogen-bond donors (Lipinski definition) is 2. The van der Waals surface area contributed by atoms with Gasteiger partial charge in [0.1, 0.15) is 5.54 Å². The minimum atomic E-state index is -1.07. The second-order valence-electron chi connectivity index (χ2n) is 6.64. The van der Waals surface area contributed by atoms with Crippen molar-refractivity contribution >= 4 is 12.0 Å². The molecule has 0 aromatic heterocycles. The van der Waals surface area contributed by atoms with Gasteiger partial charge in [-0.15, -0.1) is 0 Å². The number of amides is 2. The summed E-state index contributed by atoms with van der Waals surface area (Å²) in [6.45, 7) is 5.31. The molecule has 0 unspecified atom stereocenters. The minimum absolute atomic E-state index is 0.220. The van der Waals surface area contributed by atoms with Crippen LogP contribution < -0.4 is 5.32 Å². The van der Waals surface area contributed by atoms with Crippen LogP contribution in [0.2, 0.25) is 0 Å². The normalized spacial score (nSPS) is 31.5. The molecule has 2 fully saturated rings. The van der Waals surface area contributed by atoms with Gasteiger partial charge in [-0.1, -0.05) is 6.92 Å². The van der Waals surface area contributed by atoms with Crippen molar-refractivity contribution in [2.75, 3.05) is 33.2 Å². The molecule has 2 N–H and O–H groups in total. The zero-order valence-corrected chi connectivity index (χ0v) is 13.1. The summed E-state index contributed by atoms with van der Waals surface area (Å²) >= 11 is 0. The van der Waals surface area contributed by atoms with Gasteiger partial charge in [0.15, 0.2) is 0 Å². The highest BCUT2D eigenvalue weighted by Gasteiger charge is 2.43. The van der Waals surface area contributed by atoms with Crippen molar-refractivity contribution in [2.45, 2.75) is 44.6 Å². The number of aliphatic carboxylic acids is 1. The van der Waals surface area contributed by atoms with Crippen LogP contribution >= 0.6 is 0 Å². The van der Waals surface area contributed by atoms with Crippen LogP contribution in [-0.2, 0) is 4.79 Å². The molecule has 0 radical (unpaired) electrons. The smallest absolute Gasteiger partial charge is 0.329 e. The Morgan fingerprint density at radius 1 is 1.14 bits per heavy atom. The van der Waals surface area contributed by atoms with Gasteiger partial charge in [0, 0.05) is 19.6 Å². The zero-order chi connectivity index (χ0) is 15.5. The van der Waals surface area contributed by atoms with E-state index in [1.807, 2.05) is 7.05 Å². The predicted octanol–water partition coefficient (Wildman–Crippen LogP) is 1.37. The molecule has 2 amide bonds. The molecule has 0 spiro atoms. The van der Waals surface area contributed by atoms with Gasteiger partial charge in [-0.2, -0.15) is 0 Å². The number of rotatable bonds is 2. The maximum Gasteiger partial charge on any atom is 0.329 e. The topological polar surface area (TPSA) is 72.9 Å². The predicted molar refractivity (Wildman–Crippen MR) is 80.2 cm³/mol. The lowest BCUT2D eigenvalue weighted by Crippen LogP contribution is -2.59. The number of carboxylic acids is 1. The van der Waals surface area contributed by atoms with Gasteiger partial charge in [-0.25, -0.2) is 9.59 Å². The number of carbonyl (C=O) groups is 2. The van der Waals surface area contributed by atoms with Crippen molar-refractivity contribution in [3.63, 3.8) is 0 Å². The molecular formula is C15H27N3O3. The first kappa shape index (κ1) is 16.1. The van der Waals surface area contributed by atoms with Gasteiger partial charge in [0.05, 0.1) is 0 Å². The molecule has 0 aromatic carbocycles. The summed E-state index contributed by atoms with van der Waals surface area (Å²) in [5, 5.41) is 12.4. The molecule has 1 saturated heterocycles. The first-order valence-corrected chi connectivity index (χ1v) is 7.92. The fourth-order valence-electron chi connectivity index (χ4n) is 3.18. The summed E-state index contributed by atoms with van der Waals surface area (Å²) in [6, 6.07) is -0.220. The fraction of sp³-hybridized carbons (Fsp3) is 0.867. The Morgan fingerprint density at radius 2 is 1.81 bits per heavy atom. The van der Waals surface area contributed by atoms with Crippen molar-refractivity contribution in [2.24, 2.45) is 5.92 Å². The first-order valence-electron chi connectivity index (χ1n) is 7.92. The largest absolute Gasteiger partial charge is 0.480 e.